The van der Waals surface area contributed by atoms with Gasteiger partial charge in [0.25, 0.3) is 0 Å². The Kier molecular flexibility index (Phi) is 23.5. The monoisotopic (exact) mass is 1920 g/mol. The first-order chi connectivity index (χ1) is 74.4. The van der Waals surface area contributed by atoms with Crippen molar-refractivity contribution in [1.82, 2.24) is 87.2 Å². The van der Waals surface area contributed by atoms with Crippen LogP contribution in [0.15, 0.2) is 535 Å². The van der Waals surface area contributed by atoms with Crippen LogP contribution in [0.4, 0.5) is 0 Å². The second kappa shape index (κ2) is 39.5. The highest BCUT2D eigenvalue weighted by molar-refractivity contribution is 5.92. The highest BCUT2D eigenvalue weighted by atomic mass is 15.2. The van der Waals surface area contributed by atoms with Crippen LogP contribution >= 0.6 is 0 Å². The Morgan fingerprint density at radius 3 is 0.667 bits per heavy atom. The van der Waals surface area contributed by atoms with Gasteiger partial charge in [0.1, 0.15) is 57.0 Å². The number of benzene rings is 16. The summed E-state index contributed by atoms with van der Waals surface area (Å²) < 4.78 is 13.0. The van der Waals surface area contributed by atoms with Crippen LogP contribution < -0.4 is 0 Å². The van der Waals surface area contributed by atoms with Crippen molar-refractivity contribution in [1.29, 1.82) is 0 Å². The van der Waals surface area contributed by atoms with E-state index in [0.29, 0.717) is 0 Å². The van der Waals surface area contributed by atoms with E-state index in [1.54, 1.807) is 12.4 Å². The molecule has 0 saturated heterocycles. The molecule has 150 heavy (non-hydrogen) atoms. The first kappa shape index (κ1) is 89.3. The van der Waals surface area contributed by atoms with Crippen molar-refractivity contribution in [3.8, 4) is 180 Å². The van der Waals surface area contributed by atoms with E-state index >= 15 is 0 Å². The summed E-state index contributed by atoms with van der Waals surface area (Å²) in [6.07, 6.45) is 10.9. The Bertz CT molecular complexity index is 9230. The van der Waals surface area contributed by atoms with Gasteiger partial charge in [0.15, 0.2) is 33.9 Å². The molecular formula is C132H88N18. The lowest BCUT2D eigenvalue weighted by Crippen LogP contribution is -2.01. The number of nitrogens with zero attached hydrogens (tertiary/aromatic N) is 18. The van der Waals surface area contributed by atoms with Crippen LogP contribution in [0, 0.1) is 0 Å². The van der Waals surface area contributed by atoms with Crippen molar-refractivity contribution in [2.75, 3.05) is 0 Å². The average molecular weight is 1930 g/mol. The minimum absolute atomic E-state index is 0.720. The summed E-state index contributed by atoms with van der Waals surface area (Å²) in [5, 5.41) is 0. The molecule has 0 atom stereocenters. The normalized spacial score (nSPS) is 11.3. The van der Waals surface area contributed by atoms with E-state index in [1.807, 2.05) is 170 Å². The van der Waals surface area contributed by atoms with Crippen molar-refractivity contribution in [2.24, 2.45) is 0 Å². The molecule has 0 aliphatic rings. The maximum atomic E-state index is 5.11. The Morgan fingerprint density at radius 2 is 0.353 bits per heavy atom. The number of aromatic nitrogens is 18. The molecule has 0 aliphatic heterocycles. The Balaban J connectivity index is 0.000000115. The van der Waals surface area contributed by atoms with E-state index < -0.39 is 0 Å². The van der Waals surface area contributed by atoms with E-state index in [0.717, 1.165) is 247 Å². The van der Waals surface area contributed by atoms with Crippen molar-refractivity contribution in [3.05, 3.63) is 535 Å². The maximum absolute atomic E-state index is 5.11. The third-order valence-electron chi connectivity index (χ3n) is 27.2. The van der Waals surface area contributed by atoms with Gasteiger partial charge in [-0.05, 0) is 224 Å². The summed E-state index contributed by atoms with van der Waals surface area (Å²) in [6.45, 7) is 0. The maximum Gasteiger partial charge on any atom is 0.178 e. The van der Waals surface area contributed by atoms with Gasteiger partial charge >= 0.3 is 0 Å². The van der Waals surface area contributed by atoms with Crippen molar-refractivity contribution in [2.45, 2.75) is 0 Å². The van der Waals surface area contributed by atoms with Crippen LogP contribution in [0.3, 0.4) is 0 Å². The average Bonchev–Trinajstić information content (AvgIpc) is 1.64. The van der Waals surface area contributed by atoms with E-state index in [9.17, 15) is 0 Å². The lowest BCUT2D eigenvalue weighted by Gasteiger charge is -2.15. The van der Waals surface area contributed by atoms with Crippen LogP contribution in [-0.2, 0) is 0 Å². The summed E-state index contributed by atoms with van der Waals surface area (Å²) in [5.74, 6) is 5.13. The Labute approximate surface area is 863 Å². The van der Waals surface area contributed by atoms with Gasteiger partial charge in [-0.3, -0.25) is 27.4 Å². The smallest absolute Gasteiger partial charge is 0.178 e. The van der Waals surface area contributed by atoms with Gasteiger partial charge in [-0.1, -0.05) is 340 Å². The first-order valence-electron chi connectivity index (χ1n) is 49.8. The highest BCUT2D eigenvalue weighted by Gasteiger charge is 2.26. The molecular weight excluding hydrogens is 1840 g/mol. The Hall–Kier alpha value is -20.8. The van der Waals surface area contributed by atoms with Crippen molar-refractivity contribution >= 4 is 67.0 Å². The lowest BCUT2D eigenvalue weighted by molar-refractivity contribution is 1.08. The fourth-order valence-corrected chi connectivity index (χ4v) is 20.2. The van der Waals surface area contributed by atoms with Gasteiger partial charge in [-0.25, -0.2) is 59.8 Å². The van der Waals surface area contributed by atoms with Crippen molar-refractivity contribution in [3.63, 3.8) is 0 Å². The fraction of sp³-hybridized carbons (Fsp3) is 0. The topological polar surface area (TPSA) is 184 Å². The van der Waals surface area contributed by atoms with Gasteiger partial charge in [-0.2, -0.15) is 0 Å². The summed E-state index contributed by atoms with van der Waals surface area (Å²) in [7, 11) is 0. The number of hydrogen-bond acceptors (Lipinski definition) is 12. The predicted octanol–water partition coefficient (Wildman–Crippen LogP) is 31.1. The van der Waals surface area contributed by atoms with E-state index in [2.05, 4.69) is 399 Å². The van der Waals surface area contributed by atoms with Crippen LogP contribution in [0.25, 0.3) is 247 Å². The third-order valence-corrected chi connectivity index (χ3v) is 27.2. The number of fused-ring (bicyclic) bond motifs is 6. The lowest BCUT2D eigenvalue weighted by atomic mass is 9.98. The van der Waals surface area contributed by atoms with Gasteiger partial charge in [-0.15, -0.1) is 0 Å². The standard InChI is InChI=1S/C54H36N6.C42H28N6.C36H24N6/c1-3-13-41(14-4-1)45-17-7-9-21-49(45)59-51(57-47-19-11-35-55-53(47)59)43-31-27-39(28-32-43)37-23-25-38(26-24-37)40-29-33-44(34-30-40)52-58-48-20-12-36-56-54(48)60(52)50-22-10-8-18-46(50)42-15-5-2-6-16-42;1-3-15-35(16-4-1)47-39(45-37-19-9-25-43-41(37)47)33-13-7-11-31(27-33)29-21-23-30(24-22-29)32-12-8-14-34(28-32)40-46-38-20-10-26-44-42(38)48(40)36-17-5-2-6-18-36;1-3-15-29(16-4-1)41-31-19-9-21-37-33(31)39-35(41)27-13-7-11-25(23-27)26-12-8-14-28(24-26)36-40-34-32(20-10-22-38-34)42(36)30-17-5-2-6-18-30/h1-36H;1-28H;1-24H. The number of para-hydroxylation sites is 6. The number of pyridine rings is 6. The molecule has 28 aromatic rings. The first-order valence-corrected chi connectivity index (χ1v) is 49.8. The Morgan fingerprint density at radius 1 is 0.133 bits per heavy atom. The van der Waals surface area contributed by atoms with Gasteiger partial charge in [0.2, 0.25) is 0 Å². The highest BCUT2D eigenvalue weighted by Crippen LogP contribution is 2.43. The van der Waals surface area contributed by atoms with Gasteiger partial charge in [0.05, 0.1) is 22.4 Å². The fourth-order valence-electron chi connectivity index (χ4n) is 20.2. The predicted molar refractivity (Wildman–Crippen MR) is 605 cm³/mol. The zero-order chi connectivity index (χ0) is 99.6. The molecule has 0 spiro atoms. The largest absolute Gasteiger partial charge is 0.291 e. The molecule has 0 radical (unpaired) electrons. The van der Waals surface area contributed by atoms with E-state index in [-0.39, 0.29) is 0 Å². The molecule has 0 fully saturated rings. The van der Waals surface area contributed by atoms with Crippen molar-refractivity contribution < 1.29 is 0 Å². The molecule has 18 heteroatoms. The molecule has 0 bridgehead atoms. The van der Waals surface area contributed by atoms with Gasteiger partial charge < -0.3 is 0 Å². The zero-order valence-electron chi connectivity index (χ0n) is 80.9. The molecule has 0 N–H and O–H groups in total. The molecule has 0 amide bonds. The second-order valence-electron chi connectivity index (χ2n) is 36.4. The summed E-state index contributed by atoms with van der Waals surface area (Å²) in [6, 6.07) is 172. The van der Waals surface area contributed by atoms with Crippen LogP contribution in [-0.4, -0.2) is 87.2 Å². The van der Waals surface area contributed by atoms with Crippen LogP contribution in [0.5, 0.6) is 0 Å². The molecule has 12 heterocycles. The minimum atomic E-state index is 0.720. The SMILES string of the molecule is c1ccc(-c2ccccc2-n2c(-c3ccc(-c4ccc(-c5ccc(-c6nc7cccnc7n6-c6ccccc6-c6ccccc6)cc5)cc4)cc3)nc3cccnc32)cc1.c1ccc(-n2c(-c3cccc(-c4ccc(-c5cccc(-c6nc7cccnc7n6-c6ccccc6)c5)cc4)c3)nc3cccnc32)cc1.c1ccc(-n2c(-c3cccc(-c4cccc(-c5nc6ncccc6n5-c5ccccc5)c4)c3)nc3ncccc32)cc1. The quantitative estimate of drug-likeness (QED) is 0.0747. The third kappa shape index (κ3) is 17.2. The molecule has 0 unspecified atom stereocenters. The van der Waals surface area contributed by atoms with E-state index in [1.165, 1.54) is 0 Å². The molecule has 706 valence electrons. The second-order valence-corrected chi connectivity index (χ2v) is 36.4. The van der Waals surface area contributed by atoms with Crippen LogP contribution in [0.2, 0.25) is 0 Å². The van der Waals surface area contributed by atoms with Crippen LogP contribution in [0.1, 0.15) is 0 Å². The zero-order valence-corrected chi connectivity index (χ0v) is 80.9. The summed E-state index contributed by atoms with van der Waals surface area (Å²) in [5.41, 5.74) is 38.3. The minimum Gasteiger partial charge on any atom is -0.291 e. The molecule has 16 aromatic carbocycles. The number of imidazole rings is 6. The molecule has 12 aromatic heterocycles. The molecule has 28 rings (SSSR count). The number of hydrogen-bond donors (Lipinski definition) is 0. The molecule has 0 aliphatic carbocycles. The summed E-state index contributed by atoms with van der Waals surface area (Å²) in [4.78, 5) is 58.2. The molecule has 18 nitrogen and oxygen atoms in total. The van der Waals surface area contributed by atoms with Gasteiger partial charge in [0, 0.05) is 104 Å². The van der Waals surface area contributed by atoms with E-state index in [4.69, 9.17) is 39.9 Å². The number of rotatable bonds is 19. The molecule has 0 saturated carbocycles. The summed E-state index contributed by atoms with van der Waals surface area (Å²) >= 11 is 0.